The van der Waals surface area contributed by atoms with Crippen LogP contribution in [0.2, 0.25) is 0 Å². The van der Waals surface area contributed by atoms with Gasteiger partial charge >= 0.3 is 0 Å². The van der Waals surface area contributed by atoms with E-state index in [1.165, 1.54) is 6.92 Å². The zero-order chi connectivity index (χ0) is 16.6. The van der Waals surface area contributed by atoms with Crippen molar-refractivity contribution in [2.75, 3.05) is 6.26 Å². The fourth-order valence-corrected chi connectivity index (χ4v) is 3.41. The SMILES string of the molecule is C[C@@H](NS(C)(=O)=O)C(=O)N[C@@H](c1cc2ccccc2o1)C1CC1. The average Bonchev–Trinajstić information content (AvgIpc) is 3.20. The summed E-state index contributed by atoms with van der Waals surface area (Å²) in [5, 5.41) is 3.91. The summed E-state index contributed by atoms with van der Waals surface area (Å²) in [5.74, 6) is 0.700. The van der Waals surface area contributed by atoms with Gasteiger partial charge < -0.3 is 9.73 Å². The van der Waals surface area contributed by atoms with Crippen molar-refractivity contribution >= 4 is 26.9 Å². The van der Waals surface area contributed by atoms with Crippen molar-refractivity contribution in [3.63, 3.8) is 0 Å². The number of nitrogens with one attached hydrogen (secondary N) is 2. The average molecular weight is 336 g/mol. The second kappa shape index (κ2) is 5.98. The van der Waals surface area contributed by atoms with Crippen LogP contribution < -0.4 is 10.0 Å². The summed E-state index contributed by atoms with van der Waals surface area (Å²) in [6.45, 7) is 1.53. The van der Waals surface area contributed by atoms with Crippen LogP contribution in [0.3, 0.4) is 0 Å². The summed E-state index contributed by atoms with van der Waals surface area (Å²) in [7, 11) is -3.43. The van der Waals surface area contributed by atoms with Gasteiger partial charge in [-0.15, -0.1) is 0 Å². The number of fused-ring (bicyclic) bond motifs is 1. The molecular formula is C16H20N2O4S. The molecule has 2 atom stereocenters. The lowest BCUT2D eigenvalue weighted by Crippen LogP contribution is -2.45. The van der Waals surface area contributed by atoms with Gasteiger partial charge in [-0.25, -0.2) is 13.1 Å². The highest BCUT2D eigenvalue weighted by Gasteiger charge is 2.36. The van der Waals surface area contributed by atoms with Gasteiger partial charge in [0.15, 0.2) is 0 Å². The molecule has 2 N–H and O–H groups in total. The Morgan fingerprint density at radius 2 is 2.00 bits per heavy atom. The van der Waals surface area contributed by atoms with E-state index in [1.54, 1.807) is 0 Å². The number of carbonyl (C=O) groups excluding carboxylic acids is 1. The summed E-state index contributed by atoms with van der Waals surface area (Å²) in [6.07, 6.45) is 3.08. The molecule has 23 heavy (non-hydrogen) atoms. The maximum atomic E-state index is 12.3. The fraction of sp³-hybridized carbons (Fsp3) is 0.438. The minimum Gasteiger partial charge on any atom is -0.459 e. The highest BCUT2D eigenvalue weighted by atomic mass is 32.2. The highest BCUT2D eigenvalue weighted by Crippen LogP contribution is 2.42. The minimum absolute atomic E-state index is 0.223. The number of rotatable bonds is 6. The standard InChI is InChI=1S/C16H20N2O4S/c1-10(18-23(2,20)21)16(19)17-15(11-7-8-11)14-9-12-5-3-4-6-13(12)22-14/h3-6,9-11,15,18H,7-8H2,1-2H3,(H,17,19)/t10-,15-/m1/s1. The van der Waals surface area contributed by atoms with Crippen molar-refractivity contribution < 1.29 is 17.6 Å². The largest absolute Gasteiger partial charge is 0.459 e. The van der Waals surface area contributed by atoms with Crippen LogP contribution in [0.4, 0.5) is 0 Å². The molecule has 0 bridgehead atoms. The van der Waals surface area contributed by atoms with Crippen LogP contribution in [0.1, 0.15) is 31.6 Å². The molecule has 1 saturated carbocycles. The van der Waals surface area contributed by atoms with E-state index in [1.807, 2.05) is 30.3 Å². The van der Waals surface area contributed by atoms with Gasteiger partial charge in [0.05, 0.1) is 18.3 Å². The van der Waals surface area contributed by atoms with Crippen molar-refractivity contribution in [1.29, 1.82) is 0 Å². The predicted molar refractivity (Wildman–Crippen MR) is 87.3 cm³/mol. The van der Waals surface area contributed by atoms with Gasteiger partial charge in [0.2, 0.25) is 15.9 Å². The third kappa shape index (κ3) is 3.92. The van der Waals surface area contributed by atoms with Crippen molar-refractivity contribution in [3.8, 4) is 0 Å². The summed E-state index contributed by atoms with van der Waals surface area (Å²) >= 11 is 0. The van der Waals surface area contributed by atoms with Crippen LogP contribution in [-0.2, 0) is 14.8 Å². The molecule has 1 aliphatic rings. The molecule has 0 radical (unpaired) electrons. The Kier molecular flexibility index (Phi) is 4.16. The summed E-state index contributed by atoms with van der Waals surface area (Å²) in [5.41, 5.74) is 0.782. The van der Waals surface area contributed by atoms with E-state index in [0.717, 1.165) is 30.1 Å². The van der Waals surface area contributed by atoms with E-state index < -0.39 is 16.1 Å². The number of hydrogen-bond donors (Lipinski definition) is 2. The van der Waals surface area contributed by atoms with Gasteiger partial charge in [-0.1, -0.05) is 18.2 Å². The van der Waals surface area contributed by atoms with Crippen molar-refractivity contribution in [1.82, 2.24) is 10.0 Å². The number of furan rings is 1. The third-order valence-corrected chi connectivity index (χ3v) is 4.71. The molecule has 1 aromatic carbocycles. The lowest BCUT2D eigenvalue weighted by Gasteiger charge is -2.19. The topological polar surface area (TPSA) is 88.4 Å². The Morgan fingerprint density at radius 3 is 2.61 bits per heavy atom. The highest BCUT2D eigenvalue weighted by molar-refractivity contribution is 7.88. The third-order valence-electron chi connectivity index (χ3n) is 3.93. The maximum absolute atomic E-state index is 12.3. The van der Waals surface area contributed by atoms with Crippen LogP contribution in [0.5, 0.6) is 0 Å². The first-order chi connectivity index (χ1) is 10.8. The minimum atomic E-state index is -3.43. The molecule has 0 spiro atoms. The van der Waals surface area contributed by atoms with Crippen LogP contribution in [0.25, 0.3) is 11.0 Å². The fourth-order valence-electron chi connectivity index (χ4n) is 2.66. The predicted octanol–water partition coefficient (Wildman–Crippen LogP) is 1.94. The smallest absolute Gasteiger partial charge is 0.238 e. The molecule has 1 fully saturated rings. The molecule has 7 heteroatoms. The molecular weight excluding hydrogens is 316 g/mol. The maximum Gasteiger partial charge on any atom is 0.238 e. The van der Waals surface area contributed by atoms with E-state index in [-0.39, 0.29) is 11.9 Å². The first kappa shape index (κ1) is 16.0. The number of sulfonamides is 1. The molecule has 1 amide bonds. The van der Waals surface area contributed by atoms with Gasteiger partial charge in [-0.2, -0.15) is 0 Å². The zero-order valence-corrected chi connectivity index (χ0v) is 13.9. The molecule has 0 unspecified atom stereocenters. The zero-order valence-electron chi connectivity index (χ0n) is 13.1. The van der Waals surface area contributed by atoms with E-state index in [2.05, 4.69) is 10.0 Å². The molecule has 1 aliphatic carbocycles. The Bertz CT molecular complexity index is 790. The number of benzene rings is 1. The van der Waals surface area contributed by atoms with E-state index in [0.29, 0.717) is 11.7 Å². The van der Waals surface area contributed by atoms with E-state index >= 15 is 0 Å². The number of para-hydroxylation sites is 1. The van der Waals surface area contributed by atoms with Crippen LogP contribution >= 0.6 is 0 Å². The number of amides is 1. The molecule has 6 nitrogen and oxygen atoms in total. The first-order valence-corrected chi connectivity index (χ1v) is 9.49. The van der Waals surface area contributed by atoms with Crippen LogP contribution in [0.15, 0.2) is 34.7 Å². The second-order valence-corrected chi connectivity index (χ2v) is 7.90. The molecule has 1 aromatic heterocycles. The summed E-state index contributed by atoms with van der Waals surface area (Å²) in [4.78, 5) is 12.3. The van der Waals surface area contributed by atoms with Crippen molar-refractivity contribution in [2.45, 2.75) is 31.8 Å². The quantitative estimate of drug-likeness (QED) is 0.844. The monoisotopic (exact) mass is 336 g/mol. The van der Waals surface area contributed by atoms with Gasteiger partial charge in [-0.05, 0) is 37.8 Å². The molecule has 1 heterocycles. The molecule has 2 aromatic rings. The second-order valence-electron chi connectivity index (χ2n) is 6.12. The van der Waals surface area contributed by atoms with Gasteiger partial charge in [0.1, 0.15) is 11.3 Å². The van der Waals surface area contributed by atoms with Crippen molar-refractivity contribution in [3.05, 3.63) is 36.1 Å². The van der Waals surface area contributed by atoms with Gasteiger partial charge in [0, 0.05) is 5.39 Å². The Balaban J connectivity index is 1.78. The first-order valence-electron chi connectivity index (χ1n) is 7.59. The molecule has 0 saturated heterocycles. The molecule has 3 rings (SSSR count). The lowest BCUT2D eigenvalue weighted by molar-refractivity contribution is -0.123. The van der Waals surface area contributed by atoms with Crippen molar-refractivity contribution in [2.24, 2.45) is 5.92 Å². The molecule has 124 valence electrons. The normalized spacial score (nSPS) is 17.8. The summed E-state index contributed by atoms with van der Waals surface area (Å²) in [6, 6.07) is 8.57. The lowest BCUT2D eigenvalue weighted by atomic mass is 10.1. The van der Waals surface area contributed by atoms with Crippen LogP contribution in [-0.4, -0.2) is 26.6 Å². The molecule has 0 aliphatic heterocycles. The van der Waals surface area contributed by atoms with E-state index in [4.69, 9.17) is 4.42 Å². The number of carbonyl (C=O) groups is 1. The summed E-state index contributed by atoms with van der Waals surface area (Å²) < 4.78 is 30.7. The van der Waals surface area contributed by atoms with E-state index in [9.17, 15) is 13.2 Å². The Morgan fingerprint density at radius 1 is 1.30 bits per heavy atom. The Hall–Kier alpha value is -1.86. The Labute approximate surface area is 135 Å². The van der Waals surface area contributed by atoms with Crippen LogP contribution in [0, 0.1) is 5.92 Å². The number of hydrogen-bond acceptors (Lipinski definition) is 4. The van der Waals surface area contributed by atoms with Gasteiger partial charge in [0.25, 0.3) is 0 Å². The van der Waals surface area contributed by atoms with Gasteiger partial charge in [-0.3, -0.25) is 4.79 Å².